The highest BCUT2D eigenvalue weighted by Crippen LogP contribution is 2.34. The average molecular weight is 335 g/mol. The quantitative estimate of drug-likeness (QED) is 0.933. The number of hydrogen-bond acceptors (Lipinski definition) is 4. The fraction of sp³-hybridized carbons (Fsp3) is 0.312. The highest BCUT2D eigenvalue weighted by molar-refractivity contribution is 7.89. The number of hydrogen-bond donors (Lipinski definition) is 1. The molecule has 1 saturated heterocycles. The van der Waals surface area contributed by atoms with Crippen LogP contribution in [0.1, 0.15) is 24.8 Å². The van der Waals surface area contributed by atoms with Crippen LogP contribution in [0.3, 0.4) is 0 Å². The Kier molecular flexibility index (Phi) is 4.08. The van der Waals surface area contributed by atoms with Crippen LogP contribution in [-0.4, -0.2) is 26.0 Å². The Morgan fingerprint density at radius 2 is 1.91 bits per heavy atom. The monoisotopic (exact) mass is 335 g/mol. The molecule has 1 aliphatic heterocycles. The van der Waals surface area contributed by atoms with Gasteiger partial charge < -0.3 is 4.90 Å². The SMILES string of the molecule is CC1CC(c2ccc(F)cc2)CN1c1ccc(S(N)(=O)=O)cn1. The third-order valence-corrected chi connectivity index (χ3v) is 5.16. The molecule has 2 atom stereocenters. The molecule has 0 radical (unpaired) electrons. The Morgan fingerprint density at radius 3 is 2.48 bits per heavy atom. The van der Waals surface area contributed by atoms with Crippen molar-refractivity contribution in [3.05, 3.63) is 54.0 Å². The number of rotatable bonds is 3. The van der Waals surface area contributed by atoms with E-state index in [1.807, 2.05) is 12.1 Å². The number of nitrogens with two attached hydrogens (primary N) is 1. The van der Waals surface area contributed by atoms with Crippen LogP contribution < -0.4 is 10.0 Å². The second-order valence-corrected chi connectivity index (χ2v) is 7.44. The first-order chi connectivity index (χ1) is 10.8. The molecule has 1 aliphatic rings. The van der Waals surface area contributed by atoms with E-state index in [9.17, 15) is 12.8 Å². The molecule has 2 aromatic rings. The van der Waals surface area contributed by atoms with Crippen LogP contribution in [0, 0.1) is 5.82 Å². The van der Waals surface area contributed by atoms with Crippen molar-refractivity contribution in [3.8, 4) is 0 Å². The number of sulfonamides is 1. The first-order valence-electron chi connectivity index (χ1n) is 7.35. The Hall–Kier alpha value is -1.99. The standard InChI is InChI=1S/C16H18FN3O2S/c1-11-8-13(12-2-4-14(17)5-3-12)10-20(11)16-7-6-15(9-19-16)23(18,21)22/h2-7,9,11,13H,8,10H2,1H3,(H2,18,21,22). The summed E-state index contributed by atoms with van der Waals surface area (Å²) in [7, 11) is -3.73. The first kappa shape index (κ1) is 15.9. The van der Waals surface area contributed by atoms with Gasteiger partial charge in [-0.25, -0.2) is 22.9 Å². The molecule has 2 unspecified atom stereocenters. The maximum absolute atomic E-state index is 13.0. The molecule has 2 N–H and O–H groups in total. The van der Waals surface area contributed by atoms with Gasteiger partial charge in [0, 0.05) is 24.7 Å². The average Bonchev–Trinajstić information content (AvgIpc) is 2.89. The van der Waals surface area contributed by atoms with Crippen LogP contribution in [0.25, 0.3) is 0 Å². The second kappa shape index (κ2) is 5.90. The van der Waals surface area contributed by atoms with Crippen molar-refractivity contribution in [2.45, 2.75) is 30.2 Å². The van der Waals surface area contributed by atoms with E-state index < -0.39 is 10.0 Å². The highest BCUT2D eigenvalue weighted by Gasteiger charge is 2.31. The van der Waals surface area contributed by atoms with Crippen molar-refractivity contribution in [2.75, 3.05) is 11.4 Å². The Bertz CT molecular complexity index is 791. The molecule has 1 aromatic heterocycles. The zero-order chi connectivity index (χ0) is 16.6. The van der Waals surface area contributed by atoms with Gasteiger partial charge in [-0.3, -0.25) is 0 Å². The van der Waals surface area contributed by atoms with Crippen molar-refractivity contribution < 1.29 is 12.8 Å². The van der Waals surface area contributed by atoms with Gasteiger partial charge in [-0.2, -0.15) is 0 Å². The molecule has 7 heteroatoms. The number of halogens is 1. The zero-order valence-electron chi connectivity index (χ0n) is 12.7. The summed E-state index contributed by atoms with van der Waals surface area (Å²) in [5, 5.41) is 5.09. The van der Waals surface area contributed by atoms with Gasteiger partial charge in [0.05, 0.1) is 0 Å². The number of benzene rings is 1. The van der Waals surface area contributed by atoms with E-state index in [2.05, 4.69) is 16.8 Å². The van der Waals surface area contributed by atoms with Gasteiger partial charge in [-0.15, -0.1) is 0 Å². The maximum Gasteiger partial charge on any atom is 0.239 e. The van der Waals surface area contributed by atoms with Crippen molar-refractivity contribution in [3.63, 3.8) is 0 Å². The van der Waals surface area contributed by atoms with Gasteiger partial charge in [0.25, 0.3) is 0 Å². The van der Waals surface area contributed by atoms with Gasteiger partial charge in [0.2, 0.25) is 10.0 Å². The van der Waals surface area contributed by atoms with Crippen LogP contribution >= 0.6 is 0 Å². The largest absolute Gasteiger partial charge is 0.353 e. The van der Waals surface area contributed by atoms with Crippen molar-refractivity contribution in [1.29, 1.82) is 0 Å². The molecule has 1 aromatic carbocycles. The third-order valence-electron chi connectivity index (χ3n) is 4.26. The lowest BCUT2D eigenvalue weighted by molar-refractivity contribution is 0.597. The van der Waals surface area contributed by atoms with E-state index in [0.717, 1.165) is 24.3 Å². The van der Waals surface area contributed by atoms with Gasteiger partial charge in [-0.05, 0) is 43.2 Å². The molecule has 23 heavy (non-hydrogen) atoms. The van der Waals surface area contributed by atoms with E-state index in [0.29, 0.717) is 5.92 Å². The van der Waals surface area contributed by atoms with E-state index in [1.54, 1.807) is 6.07 Å². The number of anilines is 1. The van der Waals surface area contributed by atoms with Gasteiger partial charge in [-0.1, -0.05) is 12.1 Å². The maximum atomic E-state index is 13.0. The molecule has 2 heterocycles. The van der Waals surface area contributed by atoms with Crippen LogP contribution in [0.15, 0.2) is 47.5 Å². The van der Waals surface area contributed by atoms with Crippen LogP contribution in [-0.2, 0) is 10.0 Å². The van der Waals surface area contributed by atoms with Crippen LogP contribution in [0.2, 0.25) is 0 Å². The third kappa shape index (κ3) is 3.35. The van der Waals surface area contributed by atoms with Gasteiger partial charge >= 0.3 is 0 Å². The summed E-state index contributed by atoms with van der Waals surface area (Å²) in [5.41, 5.74) is 1.10. The lowest BCUT2D eigenvalue weighted by atomic mass is 9.97. The second-order valence-electron chi connectivity index (χ2n) is 5.88. The molecule has 5 nitrogen and oxygen atoms in total. The summed E-state index contributed by atoms with van der Waals surface area (Å²) in [5.74, 6) is 0.775. The molecular formula is C16H18FN3O2S. The first-order valence-corrected chi connectivity index (χ1v) is 8.90. The summed E-state index contributed by atoms with van der Waals surface area (Å²) < 4.78 is 35.6. The topological polar surface area (TPSA) is 76.3 Å². The van der Waals surface area contributed by atoms with E-state index >= 15 is 0 Å². The van der Waals surface area contributed by atoms with E-state index in [1.165, 1.54) is 24.4 Å². The minimum absolute atomic E-state index is 0.00295. The Morgan fingerprint density at radius 1 is 1.22 bits per heavy atom. The summed E-state index contributed by atoms with van der Waals surface area (Å²) in [4.78, 5) is 6.36. The van der Waals surface area contributed by atoms with Crippen LogP contribution in [0.4, 0.5) is 10.2 Å². The molecule has 0 bridgehead atoms. The number of primary sulfonamides is 1. The highest BCUT2D eigenvalue weighted by atomic mass is 32.2. The van der Waals surface area contributed by atoms with Crippen molar-refractivity contribution >= 4 is 15.8 Å². The summed E-state index contributed by atoms with van der Waals surface area (Å²) in [6.07, 6.45) is 2.22. The van der Waals surface area contributed by atoms with Gasteiger partial charge in [0.15, 0.2) is 0 Å². The fourth-order valence-corrected chi connectivity index (χ4v) is 3.49. The summed E-state index contributed by atoms with van der Waals surface area (Å²) in [6, 6.07) is 9.97. The minimum atomic E-state index is -3.73. The Labute approximate surface area is 135 Å². The smallest absolute Gasteiger partial charge is 0.239 e. The fourth-order valence-electron chi connectivity index (χ4n) is 3.04. The molecule has 1 fully saturated rings. The predicted octanol–water partition coefficient (Wildman–Crippen LogP) is 2.25. The number of aromatic nitrogens is 1. The van der Waals surface area contributed by atoms with Crippen molar-refractivity contribution in [1.82, 2.24) is 4.98 Å². The lowest BCUT2D eigenvalue weighted by Gasteiger charge is -2.22. The number of pyridine rings is 1. The molecule has 0 saturated carbocycles. The van der Waals surface area contributed by atoms with Gasteiger partial charge in [0.1, 0.15) is 16.5 Å². The molecule has 3 rings (SSSR count). The predicted molar refractivity (Wildman–Crippen MR) is 86.2 cm³/mol. The molecule has 0 amide bonds. The normalized spacial score (nSPS) is 21.6. The molecule has 0 aliphatic carbocycles. The Balaban J connectivity index is 1.80. The molecule has 0 spiro atoms. The zero-order valence-corrected chi connectivity index (χ0v) is 13.5. The lowest BCUT2D eigenvalue weighted by Crippen LogP contribution is -2.27. The van der Waals surface area contributed by atoms with Crippen LogP contribution in [0.5, 0.6) is 0 Å². The number of nitrogens with zero attached hydrogens (tertiary/aromatic N) is 2. The van der Waals surface area contributed by atoms with E-state index in [-0.39, 0.29) is 16.8 Å². The molecule has 122 valence electrons. The summed E-state index contributed by atoms with van der Waals surface area (Å²) in [6.45, 7) is 2.85. The minimum Gasteiger partial charge on any atom is -0.353 e. The van der Waals surface area contributed by atoms with E-state index in [4.69, 9.17) is 5.14 Å². The molecular weight excluding hydrogens is 317 g/mol. The summed E-state index contributed by atoms with van der Waals surface area (Å²) >= 11 is 0. The van der Waals surface area contributed by atoms with Crippen molar-refractivity contribution in [2.24, 2.45) is 5.14 Å².